The van der Waals surface area contributed by atoms with Crippen LogP contribution >= 0.6 is 0 Å². The van der Waals surface area contributed by atoms with E-state index >= 15 is 0 Å². The SMILES string of the molecule is CC[C@@H](C)NC(=O)CN1CCN(c2ccnc(N(C)C)n2)CC1. The van der Waals surface area contributed by atoms with Crippen LogP contribution < -0.4 is 15.1 Å². The molecule has 0 aliphatic carbocycles. The average Bonchev–Trinajstić information content (AvgIpc) is 2.55. The molecule has 0 spiro atoms. The number of piperazine rings is 1. The van der Waals surface area contributed by atoms with Crippen LogP contribution in [0.4, 0.5) is 11.8 Å². The molecule has 128 valence electrons. The van der Waals surface area contributed by atoms with Crippen molar-refractivity contribution in [2.45, 2.75) is 26.3 Å². The van der Waals surface area contributed by atoms with E-state index in [9.17, 15) is 4.79 Å². The molecule has 0 bridgehead atoms. The molecular weight excluding hydrogens is 292 g/mol. The average molecular weight is 320 g/mol. The normalized spacial score (nSPS) is 17.0. The summed E-state index contributed by atoms with van der Waals surface area (Å²) in [5.74, 6) is 1.79. The molecule has 2 heterocycles. The number of hydrogen-bond acceptors (Lipinski definition) is 6. The topological polar surface area (TPSA) is 64.6 Å². The molecule has 1 atom stereocenters. The maximum absolute atomic E-state index is 12.0. The predicted molar refractivity (Wildman–Crippen MR) is 92.9 cm³/mol. The summed E-state index contributed by atoms with van der Waals surface area (Å²) in [5.41, 5.74) is 0. The van der Waals surface area contributed by atoms with Crippen LogP contribution in [0.2, 0.25) is 0 Å². The van der Waals surface area contributed by atoms with Gasteiger partial charge >= 0.3 is 0 Å². The van der Waals surface area contributed by atoms with E-state index in [1.54, 1.807) is 6.20 Å². The number of nitrogens with one attached hydrogen (secondary N) is 1. The van der Waals surface area contributed by atoms with Crippen LogP contribution in [0.3, 0.4) is 0 Å². The van der Waals surface area contributed by atoms with Gasteiger partial charge in [0, 0.05) is 52.5 Å². The molecule has 0 unspecified atom stereocenters. The number of hydrogen-bond donors (Lipinski definition) is 1. The standard InChI is InChI=1S/C16H28N6O/c1-5-13(2)18-15(23)12-21-8-10-22(11-9-21)14-6-7-17-16(19-14)20(3)4/h6-7,13H,5,8-12H2,1-4H3,(H,18,23)/t13-/m1/s1. The monoisotopic (exact) mass is 320 g/mol. The van der Waals surface area contributed by atoms with Crippen LogP contribution in [0.5, 0.6) is 0 Å². The van der Waals surface area contributed by atoms with Gasteiger partial charge in [0.15, 0.2) is 0 Å². The molecule has 1 aromatic heterocycles. The zero-order valence-electron chi connectivity index (χ0n) is 14.6. The van der Waals surface area contributed by atoms with Crippen LogP contribution in [-0.4, -0.2) is 73.6 Å². The summed E-state index contributed by atoms with van der Waals surface area (Å²) >= 11 is 0. The fraction of sp³-hybridized carbons (Fsp3) is 0.688. The molecule has 7 nitrogen and oxygen atoms in total. The Morgan fingerprint density at radius 2 is 2.04 bits per heavy atom. The summed E-state index contributed by atoms with van der Waals surface area (Å²) in [6.07, 6.45) is 2.76. The van der Waals surface area contributed by atoms with Gasteiger partial charge in [0.1, 0.15) is 5.82 Å². The second-order valence-electron chi connectivity index (χ2n) is 6.25. The van der Waals surface area contributed by atoms with E-state index in [4.69, 9.17) is 0 Å². The van der Waals surface area contributed by atoms with Crippen LogP contribution in [0.25, 0.3) is 0 Å². The molecule has 2 rings (SSSR count). The van der Waals surface area contributed by atoms with E-state index < -0.39 is 0 Å². The summed E-state index contributed by atoms with van der Waals surface area (Å²) in [6, 6.07) is 2.19. The minimum atomic E-state index is 0.115. The number of nitrogens with zero attached hydrogens (tertiary/aromatic N) is 5. The second kappa shape index (κ2) is 8.10. The van der Waals surface area contributed by atoms with Gasteiger partial charge in [-0.2, -0.15) is 4.98 Å². The Morgan fingerprint density at radius 1 is 1.35 bits per heavy atom. The number of carbonyl (C=O) groups excluding carboxylic acids is 1. The number of rotatable bonds is 6. The lowest BCUT2D eigenvalue weighted by Crippen LogP contribution is -2.50. The molecule has 1 aromatic rings. The van der Waals surface area contributed by atoms with Crippen LogP contribution in [0, 0.1) is 0 Å². The molecule has 0 saturated carbocycles. The Labute approximate surface area is 138 Å². The molecular formula is C16H28N6O. The van der Waals surface area contributed by atoms with Crippen molar-refractivity contribution in [3.63, 3.8) is 0 Å². The lowest BCUT2D eigenvalue weighted by atomic mass is 10.2. The lowest BCUT2D eigenvalue weighted by Gasteiger charge is -2.35. The van der Waals surface area contributed by atoms with E-state index in [0.717, 1.165) is 44.4 Å². The molecule has 1 saturated heterocycles. The fourth-order valence-electron chi connectivity index (χ4n) is 2.49. The van der Waals surface area contributed by atoms with Gasteiger partial charge < -0.3 is 15.1 Å². The van der Waals surface area contributed by atoms with Crippen molar-refractivity contribution in [2.24, 2.45) is 0 Å². The zero-order valence-corrected chi connectivity index (χ0v) is 14.6. The lowest BCUT2D eigenvalue weighted by molar-refractivity contribution is -0.122. The van der Waals surface area contributed by atoms with Crippen molar-refractivity contribution in [3.8, 4) is 0 Å². The first-order chi connectivity index (χ1) is 11.0. The molecule has 0 radical (unpaired) electrons. The van der Waals surface area contributed by atoms with Gasteiger partial charge in [-0.1, -0.05) is 6.92 Å². The summed E-state index contributed by atoms with van der Waals surface area (Å²) < 4.78 is 0. The zero-order chi connectivity index (χ0) is 16.8. The maximum Gasteiger partial charge on any atom is 0.234 e. The number of amides is 1. The fourth-order valence-corrected chi connectivity index (χ4v) is 2.49. The van der Waals surface area contributed by atoms with Gasteiger partial charge in [0.2, 0.25) is 11.9 Å². The second-order valence-corrected chi connectivity index (χ2v) is 6.25. The van der Waals surface area contributed by atoms with Crippen LogP contribution in [0.1, 0.15) is 20.3 Å². The van der Waals surface area contributed by atoms with E-state index in [1.807, 2.05) is 32.0 Å². The van der Waals surface area contributed by atoms with Crippen molar-refractivity contribution in [3.05, 3.63) is 12.3 Å². The Bertz CT molecular complexity index is 513. The molecule has 1 aliphatic heterocycles. The van der Waals surface area contributed by atoms with Crippen molar-refractivity contribution < 1.29 is 4.79 Å². The van der Waals surface area contributed by atoms with Crippen molar-refractivity contribution in [1.29, 1.82) is 0 Å². The van der Waals surface area contributed by atoms with Gasteiger partial charge in [-0.05, 0) is 19.4 Å². The summed E-state index contributed by atoms with van der Waals surface area (Å²) in [7, 11) is 3.87. The largest absolute Gasteiger partial charge is 0.354 e. The molecule has 1 amide bonds. The van der Waals surface area contributed by atoms with E-state index in [1.165, 1.54) is 0 Å². The Balaban J connectivity index is 1.84. The molecule has 7 heteroatoms. The number of carbonyl (C=O) groups is 1. The highest BCUT2D eigenvalue weighted by Crippen LogP contribution is 2.15. The van der Waals surface area contributed by atoms with Gasteiger partial charge in [0.05, 0.1) is 6.54 Å². The quantitative estimate of drug-likeness (QED) is 0.827. The predicted octanol–water partition coefficient (Wildman–Crippen LogP) is 0.579. The minimum absolute atomic E-state index is 0.115. The summed E-state index contributed by atoms with van der Waals surface area (Å²) in [4.78, 5) is 27.1. The van der Waals surface area contributed by atoms with Gasteiger partial charge in [0.25, 0.3) is 0 Å². The molecule has 1 fully saturated rings. The number of anilines is 2. The van der Waals surface area contributed by atoms with Gasteiger partial charge in [-0.3, -0.25) is 9.69 Å². The first kappa shape index (κ1) is 17.5. The Hall–Kier alpha value is -1.89. The third kappa shape index (κ3) is 5.06. The molecule has 23 heavy (non-hydrogen) atoms. The first-order valence-electron chi connectivity index (χ1n) is 8.26. The smallest absolute Gasteiger partial charge is 0.234 e. The van der Waals surface area contributed by atoms with E-state index in [-0.39, 0.29) is 11.9 Å². The molecule has 1 aliphatic rings. The highest BCUT2D eigenvalue weighted by Gasteiger charge is 2.20. The third-order valence-electron chi connectivity index (χ3n) is 4.11. The first-order valence-corrected chi connectivity index (χ1v) is 8.26. The van der Waals surface area contributed by atoms with Crippen molar-refractivity contribution >= 4 is 17.7 Å². The van der Waals surface area contributed by atoms with Crippen LogP contribution in [0.15, 0.2) is 12.3 Å². The van der Waals surface area contributed by atoms with Crippen LogP contribution in [-0.2, 0) is 4.79 Å². The Kier molecular flexibility index (Phi) is 6.15. The van der Waals surface area contributed by atoms with Crippen molar-refractivity contribution in [1.82, 2.24) is 20.2 Å². The third-order valence-corrected chi connectivity index (χ3v) is 4.11. The molecule has 0 aromatic carbocycles. The van der Waals surface area contributed by atoms with Gasteiger partial charge in [-0.15, -0.1) is 0 Å². The maximum atomic E-state index is 12.0. The number of aromatic nitrogens is 2. The summed E-state index contributed by atoms with van der Waals surface area (Å²) in [5, 5.41) is 3.02. The highest BCUT2D eigenvalue weighted by atomic mass is 16.2. The Morgan fingerprint density at radius 3 is 2.65 bits per heavy atom. The molecule has 1 N–H and O–H groups in total. The minimum Gasteiger partial charge on any atom is -0.354 e. The van der Waals surface area contributed by atoms with Gasteiger partial charge in [-0.25, -0.2) is 4.98 Å². The highest BCUT2D eigenvalue weighted by molar-refractivity contribution is 5.78. The summed E-state index contributed by atoms with van der Waals surface area (Å²) in [6.45, 7) is 8.08. The van der Waals surface area contributed by atoms with E-state index in [0.29, 0.717) is 6.54 Å². The van der Waals surface area contributed by atoms with E-state index in [2.05, 4.69) is 32.0 Å². The van der Waals surface area contributed by atoms with Crippen molar-refractivity contribution in [2.75, 3.05) is 56.6 Å².